The van der Waals surface area contributed by atoms with Gasteiger partial charge in [0, 0.05) is 17.8 Å². The number of hydrogen-bond acceptors (Lipinski definition) is 5. The van der Waals surface area contributed by atoms with Crippen molar-refractivity contribution in [3.05, 3.63) is 64.3 Å². The number of aromatic nitrogens is 1. The van der Waals surface area contributed by atoms with Crippen LogP contribution in [0, 0.1) is 0 Å². The van der Waals surface area contributed by atoms with Gasteiger partial charge in [-0.3, -0.25) is 0 Å². The number of nitrogens with one attached hydrogen (secondary N) is 1. The minimum atomic E-state index is 0.741. The Kier molecular flexibility index (Phi) is 6.50. The maximum absolute atomic E-state index is 6.06. The maximum atomic E-state index is 6.06. The van der Waals surface area contributed by atoms with Crippen molar-refractivity contribution in [2.75, 3.05) is 20.8 Å². The summed E-state index contributed by atoms with van der Waals surface area (Å²) in [5, 5.41) is 5.25. The molecule has 0 saturated carbocycles. The van der Waals surface area contributed by atoms with Crippen LogP contribution in [0.5, 0.6) is 11.5 Å². The Hall–Kier alpha value is -2.08. The molecule has 0 unspecified atom stereocenters. The molecule has 0 fully saturated rings. The third kappa shape index (κ3) is 4.75. The molecule has 0 aliphatic rings. The Bertz CT molecular complexity index is 867. The van der Waals surface area contributed by atoms with Crippen molar-refractivity contribution in [3.8, 4) is 21.9 Å². The monoisotopic (exact) mass is 388 g/mol. The van der Waals surface area contributed by atoms with Gasteiger partial charge in [0.05, 0.1) is 19.1 Å². The summed E-state index contributed by atoms with van der Waals surface area (Å²) in [5.41, 5.74) is 2.31. The number of ether oxygens (including phenoxy) is 2. The van der Waals surface area contributed by atoms with E-state index in [4.69, 9.17) is 21.1 Å². The molecule has 0 amide bonds. The lowest BCUT2D eigenvalue weighted by atomic mass is 10.1. The molecular formula is C20H21ClN2O2S. The van der Waals surface area contributed by atoms with Crippen LogP contribution < -0.4 is 14.8 Å². The Morgan fingerprint density at radius 2 is 1.92 bits per heavy atom. The minimum Gasteiger partial charge on any atom is -0.493 e. The van der Waals surface area contributed by atoms with Crippen LogP contribution in [0.25, 0.3) is 10.4 Å². The fraction of sp³-hybridized carbons (Fsp3) is 0.250. The van der Waals surface area contributed by atoms with Gasteiger partial charge < -0.3 is 14.8 Å². The van der Waals surface area contributed by atoms with Gasteiger partial charge in [0.15, 0.2) is 11.5 Å². The van der Waals surface area contributed by atoms with Crippen LogP contribution in [0.1, 0.15) is 10.6 Å². The highest BCUT2D eigenvalue weighted by molar-refractivity contribution is 7.15. The van der Waals surface area contributed by atoms with Gasteiger partial charge in [0.1, 0.15) is 5.01 Å². The number of benzene rings is 2. The average Bonchev–Trinajstić information content (AvgIpc) is 3.14. The van der Waals surface area contributed by atoms with Gasteiger partial charge in [-0.25, -0.2) is 4.98 Å². The topological polar surface area (TPSA) is 43.4 Å². The lowest BCUT2D eigenvalue weighted by Crippen LogP contribution is -2.16. The van der Waals surface area contributed by atoms with Gasteiger partial charge in [0.2, 0.25) is 0 Å². The highest BCUT2D eigenvalue weighted by Gasteiger charge is 2.06. The first-order valence-electron chi connectivity index (χ1n) is 8.32. The summed E-state index contributed by atoms with van der Waals surface area (Å²) < 4.78 is 10.6. The minimum absolute atomic E-state index is 0.741. The molecule has 1 aromatic heterocycles. The number of rotatable bonds is 8. The zero-order valence-corrected chi connectivity index (χ0v) is 16.4. The second-order valence-electron chi connectivity index (χ2n) is 5.74. The van der Waals surface area contributed by atoms with E-state index in [-0.39, 0.29) is 0 Å². The smallest absolute Gasteiger partial charge is 0.160 e. The molecule has 2 aromatic carbocycles. The van der Waals surface area contributed by atoms with E-state index in [9.17, 15) is 0 Å². The molecule has 0 bridgehead atoms. The first kappa shape index (κ1) is 18.7. The fourth-order valence-electron chi connectivity index (χ4n) is 2.63. The van der Waals surface area contributed by atoms with Crippen LogP contribution in [0.2, 0.25) is 5.02 Å². The molecular weight excluding hydrogens is 368 g/mol. The molecule has 0 aliphatic heterocycles. The Morgan fingerprint density at radius 3 is 2.69 bits per heavy atom. The van der Waals surface area contributed by atoms with Crippen LogP contribution in [-0.2, 0) is 13.0 Å². The third-order valence-electron chi connectivity index (χ3n) is 3.98. The van der Waals surface area contributed by atoms with Gasteiger partial charge in [-0.1, -0.05) is 29.8 Å². The van der Waals surface area contributed by atoms with Gasteiger partial charge in [-0.05, 0) is 48.4 Å². The predicted octanol–water partition coefficient (Wildman–Crippen LogP) is 4.81. The lowest BCUT2D eigenvalue weighted by Gasteiger charge is -2.09. The standard InChI is InChI=1S/C20H21ClN2O2S/c1-24-17-7-6-14(10-18(17)25-2)8-9-22-13-20-23-12-19(26-20)15-4-3-5-16(21)11-15/h3-7,10-12,22H,8-9,13H2,1-2H3. The van der Waals surface area contributed by atoms with Gasteiger partial charge in [-0.15, -0.1) is 11.3 Å². The zero-order chi connectivity index (χ0) is 18.4. The van der Waals surface area contributed by atoms with Crippen LogP contribution in [-0.4, -0.2) is 25.7 Å². The SMILES string of the molecule is COc1ccc(CCNCc2ncc(-c3cccc(Cl)c3)s2)cc1OC. The van der Waals surface area contributed by atoms with Crippen LogP contribution in [0.4, 0.5) is 0 Å². The molecule has 0 aliphatic carbocycles. The molecule has 26 heavy (non-hydrogen) atoms. The lowest BCUT2D eigenvalue weighted by molar-refractivity contribution is 0.354. The zero-order valence-electron chi connectivity index (χ0n) is 14.8. The maximum Gasteiger partial charge on any atom is 0.160 e. The molecule has 3 aromatic rings. The molecule has 0 radical (unpaired) electrons. The summed E-state index contributed by atoms with van der Waals surface area (Å²) in [6.45, 7) is 1.61. The molecule has 3 rings (SSSR count). The van der Waals surface area contributed by atoms with Crippen molar-refractivity contribution < 1.29 is 9.47 Å². The fourth-order valence-corrected chi connectivity index (χ4v) is 3.71. The molecule has 0 spiro atoms. The van der Waals surface area contributed by atoms with E-state index in [0.717, 1.165) is 51.5 Å². The molecule has 4 nitrogen and oxygen atoms in total. The van der Waals surface area contributed by atoms with Crippen molar-refractivity contribution in [2.24, 2.45) is 0 Å². The van der Waals surface area contributed by atoms with Crippen LogP contribution in [0.3, 0.4) is 0 Å². The Balaban J connectivity index is 1.51. The summed E-state index contributed by atoms with van der Waals surface area (Å²) in [7, 11) is 3.30. The number of halogens is 1. The van der Waals surface area contributed by atoms with E-state index in [1.165, 1.54) is 5.56 Å². The summed E-state index contributed by atoms with van der Waals surface area (Å²) in [6.07, 6.45) is 2.81. The molecule has 6 heteroatoms. The Morgan fingerprint density at radius 1 is 1.08 bits per heavy atom. The molecule has 0 saturated heterocycles. The molecule has 0 atom stereocenters. The number of hydrogen-bond donors (Lipinski definition) is 1. The largest absolute Gasteiger partial charge is 0.493 e. The first-order valence-corrected chi connectivity index (χ1v) is 9.51. The second kappa shape index (κ2) is 9.03. The summed E-state index contributed by atoms with van der Waals surface area (Å²) in [6, 6.07) is 13.9. The van der Waals surface area contributed by atoms with Gasteiger partial charge in [0.25, 0.3) is 0 Å². The average molecular weight is 389 g/mol. The Labute approximate surface area is 162 Å². The van der Waals surface area contributed by atoms with Crippen molar-refractivity contribution in [2.45, 2.75) is 13.0 Å². The second-order valence-corrected chi connectivity index (χ2v) is 7.30. The van der Waals surface area contributed by atoms with Gasteiger partial charge in [-0.2, -0.15) is 0 Å². The van der Waals surface area contributed by atoms with E-state index in [1.54, 1.807) is 25.6 Å². The van der Waals surface area contributed by atoms with Crippen molar-refractivity contribution in [1.29, 1.82) is 0 Å². The summed E-state index contributed by atoms with van der Waals surface area (Å²) in [4.78, 5) is 5.62. The van der Waals surface area contributed by atoms with Crippen molar-refractivity contribution in [1.82, 2.24) is 10.3 Å². The van der Waals surface area contributed by atoms with E-state index >= 15 is 0 Å². The summed E-state index contributed by atoms with van der Waals surface area (Å²) in [5.74, 6) is 1.51. The number of nitrogens with zero attached hydrogens (tertiary/aromatic N) is 1. The van der Waals surface area contributed by atoms with E-state index < -0.39 is 0 Å². The highest BCUT2D eigenvalue weighted by atomic mass is 35.5. The van der Waals surface area contributed by atoms with Crippen molar-refractivity contribution >= 4 is 22.9 Å². The number of methoxy groups -OCH3 is 2. The highest BCUT2D eigenvalue weighted by Crippen LogP contribution is 2.29. The van der Waals surface area contributed by atoms with E-state index in [2.05, 4.69) is 16.4 Å². The van der Waals surface area contributed by atoms with Crippen LogP contribution >= 0.6 is 22.9 Å². The molecule has 1 N–H and O–H groups in total. The van der Waals surface area contributed by atoms with Crippen molar-refractivity contribution in [3.63, 3.8) is 0 Å². The first-order chi connectivity index (χ1) is 12.7. The molecule has 1 heterocycles. The third-order valence-corrected chi connectivity index (χ3v) is 5.26. The quantitative estimate of drug-likeness (QED) is 0.562. The predicted molar refractivity (Wildman–Crippen MR) is 108 cm³/mol. The van der Waals surface area contributed by atoms with E-state index in [0.29, 0.717) is 0 Å². The normalized spacial score (nSPS) is 10.7. The van der Waals surface area contributed by atoms with Crippen LogP contribution in [0.15, 0.2) is 48.7 Å². The molecule has 136 valence electrons. The summed E-state index contributed by atoms with van der Waals surface area (Å²) >= 11 is 7.74. The number of thiazole rings is 1. The van der Waals surface area contributed by atoms with E-state index in [1.807, 2.05) is 42.6 Å². The van der Waals surface area contributed by atoms with Gasteiger partial charge >= 0.3 is 0 Å².